The van der Waals surface area contributed by atoms with Gasteiger partial charge in [-0.25, -0.2) is 4.39 Å². The van der Waals surface area contributed by atoms with E-state index in [2.05, 4.69) is 39.5 Å². The lowest BCUT2D eigenvalue weighted by Gasteiger charge is -2.32. The Hall–Kier alpha value is -1.29. The fourth-order valence-electron chi connectivity index (χ4n) is 2.36. The molecular weight excluding hydrogens is 273 g/mol. The predicted molar refractivity (Wildman–Crippen MR) is 81.7 cm³/mol. The van der Waals surface area contributed by atoms with Crippen molar-refractivity contribution < 1.29 is 9.18 Å². The van der Waals surface area contributed by atoms with E-state index in [1.807, 2.05) is 0 Å². The molecule has 2 rings (SSSR count). The van der Waals surface area contributed by atoms with Gasteiger partial charge in [0.15, 0.2) is 0 Å². The molecule has 108 valence electrons. The molecule has 1 aromatic carbocycles. The summed E-state index contributed by atoms with van der Waals surface area (Å²) < 4.78 is 13.2. The molecule has 0 bridgehead atoms. The number of nitrogens with zero attached hydrogens (tertiary/aromatic N) is 1. The summed E-state index contributed by atoms with van der Waals surface area (Å²) in [5.74, 6) is -0.469. The molecule has 0 atom stereocenters. The Balaban J connectivity index is 2.12. The van der Waals surface area contributed by atoms with Crippen LogP contribution in [0.15, 0.2) is 34.7 Å². The summed E-state index contributed by atoms with van der Waals surface area (Å²) in [6.07, 6.45) is 3.02. The second-order valence-corrected chi connectivity index (χ2v) is 6.63. The van der Waals surface area contributed by atoms with Crippen LogP contribution in [0.25, 0.3) is 0 Å². The number of rotatable bonds is 1. The van der Waals surface area contributed by atoms with Crippen LogP contribution < -0.4 is 0 Å². The second kappa shape index (κ2) is 5.60. The lowest BCUT2D eigenvalue weighted by atomic mass is 9.83. The van der Waals surface area contributed by atoms with Gasteiger partial charge in [-0.15, -0.1) is 12.6 Å². The maximum absolute atomic E-state index is 13.2. The van der Waals surface area contributed by atoms with E-state index in [-0.39, 0.29) is 16.2 Å². The van der Waals surface area contributed by atoms with Crippen LogP contribution in [0.2, 0.25) is 0 Å². The molecule has 4 heteroatoms. The van der Waals surface area contributed by atoms with Crippen LogP contribution in [0.5, 0.6) is 0 Å². The Kier molecular flexibility index (Phi) is 4.23. The summed E-state index contributed by atoms with van der Waals surface area (Å²) in [4.78, 5) is 14.4. The topological polar surface area (TPSA) is 20.3 Å². The van der Waals surface area contributed by atoms with Crippen molar-refractivity contribution >= 4 is 18.5 Å². The minimum atomic E-state index is -0.404. The quantitative estimate of drug-likeness (QED) is 0.614. The van der Waals surface area contributed by atoms with Crippen molar-refractivity contribution in [3.63, 3.8) is 0 Å². The van der Waals surface area contributed by atoms with E-state index in [0.717, 1.165) is 6.42 Å². The smallest absolute Gasteiger partial charge is 0.254 e. The van der Waals surface area contributed by atoms with E-state index in [1.54, 1.807) is 4.90 Å². The van der Waals surface area contributed by atoms with Crippen molar-refractivity contribution in [3.8, 4) is 0 Å². The van der Waals surface area contributed by atoms with Gasteiger partial charge < -0.3 is 4.90 Å². The molecule has 1 amide bonds. The molecule has 1 aliphatic rings. The normalized spacial score (nSPS) is 16.1. The highest BCUT2D eigenvalue weighted by atomic mass is 32.1. The van der Waals surface area contributed by atoms with E-state index >= 15 is 0 Å². The average Bonchev–Trinajstić information content (AvgIpc) is 2.40. The molecule has 0 radical (unpaired) electrons. The largest absolute Gasteiger partial charge is 0.335 e. The third-order valence-corrected chi connectivity index (χ3v) is 4.00. The molecule has 0 aliphatic carbocycles. The zero-order chi connectivity index (χ0) is 14.9. The first-order valence-corrected chi connectivity index (χ1v) is 7.21. The van der Waals surface area contributed by atoms with Crippen LogP contribution in [0.4, 0.5) is 4.39 Å². The molecule has 1 heterocycles. The lowest BCUT2D eigenvalue weighted by Crippen LogP contribution is -2.36. The average molecular weight is 293 g/mol. The van der Waals surface area contributed by atoms with E-state index in [1.165, 1.54) is 23.8 Å². The molecule has 0 spiro atoms. The number of hydrogen-bond acceptors (Lipinski definition) is 2. The van der Waals surface area contributed by atoms with Gasteiger partial charge in [-0.05, 0) is 30.0 Å². The maximum atomic E-state index is 13.2. The Morgan fingerprint density at radius 3 is 2.55 bits per heavy atom. The SMILES string of the molecule is CC(C)(C)C1=CCN(C(=O)c2ccc(F)c(S)c2)CC1. The van der Waals surface area contributed by atoms with Crippen molar-refractivity contribution in [2.24, 2.45) is 5.41 Å². The van der Waals surface area contributed by atoms with Crippen LogP contribution in [0.3, 0.4) is 0 Å². The molecule has 0 N–H and O–H groups in total. The number of hydrogen-bond donors (Lipinski definition) is 1. The van der Waals surface area contributed by atoms with E-state index < -0.39 is 5.82 Å². The minimum absolute atomic E-state index is 0.0653. The first-order valence-electron chi connectivity index (χ1n) is 6.76. The Bertz CT molecular complexity index is 560. The fraction of sp³-hybridized carbons (Fsp3) is 0.438. The number of thiol groups is 1. The fourth-order valence-corrected chi connectivity index (χ4v) is 2.58. The standard InChI is InChI=1S/C16H20FNOS/c1-16(2,3)12-6-8-18(9-7-12)15(19)11-4-5-13(17)14(20)10-11/h4-6,10,20H,7-9H2,1-3H3. The summed E-state index contributed by atoms with van der Waals surface area (Å²) in [5.41, 5.74) is 2.03. The van der Waals surface area contributed by atoms with Gasteiger partial charge in [-0.1, -0.05) is 32.4 Å². The Labute approximate surface area is 125 Å². The zero-order valence-electron chi connectivity index (χ0n) is 12.1. The van der Waals surface area contributed by atoms with E-state index in [4.69, 9.17) is 0 Å². The van der Waals surface area contributed by atoms with E-state index in [9.17, 15) is 9.18 Å². The molecule has 0 saturated heterocycles. The van der Waals surface area contributed by atoms with Crippen LogP contribution in [0, 0.1) is 11.2 Å². The third kappa shape index (κ3) is 3.23. The minimum Gasteiger partial charge on any atom is -0.335 e. The number of carbonyl (C=O) groups is 1. The molecule has 20 heavy (non-hydrogen) atoms. The summed E-state index contributed by atoms with van der Waals surface area (Å²) >= 11 is 4.02. The highest BCUT2D eigenvalue weighted by Crippen LogP contribution is 2.30. The maximum Gasteiger partial charge on any atom is 0.254 e. The number of benzene rings is 1. The van der Waals surface area contributed by atoms with Crippen molar-refractivity contribution in [3.05, 3.63) is 41.2 Å². The first-order chi connectivity index (χ1) is 9.29. The highest BCUT2D eigenvalue weighted by molar-refractivity contribution is 7.80. The molecule has 0 saturated carbocycles. The summed E-state index contributed by atoms with van der Waals surface area (Å²) in [7, 11) is 0. The van der Waals surface area contributed by atoms with Gasteiger partial charge >= 0.3 is 0 Å². The van der Waals surface area contributed by atoms with Gasteiger partial charge in [0.1, 0.15) is 5.82 Å². The molecule has 1 aromatic rings. The predicted octanol–water partition coefficient (Wildman–Crippen LogP) is 3.93. The van der Waals surface area contributed by atoms with Crippen LogP contribution in [-0.2, 0) is 0 Å². The molecular formula is C16H20FNOS. The second-order valence-electron chi connectivity index (χ2n) is 6.15. The molecule has 0 unspecified atom stereocenters. The van der Waals surface area contributed by atoms with Gasteiger partial charge in [0, 0.05) is 23.5 Å². The molecule has 0 fully saturated rings. The van der Waals surface area contributed by atoms with Crippen molar-refractivity contribution in [2.75, 3.05) is 13.1 Å². The summed E-state index contributed by atoms with van der Waals surface area (Å²) in [5, 5.41) is 0. The zero-order valence-corrected chi connectivity index (χ0v) is 13.0. The van der Waals surface area contributed by atoms with Crippen LogP contribution in [0.1, 0.15) is 37.6 Å². The van der Waals surface area contributed by atoms with E-state index in [0.29, 0.717) is 18.7 Å². The number of amides is 1. The highest BCUT2D eigenvalue weighted by Gasteiger charge is 2.24. The molecule has 2 nitrogen and oxygen atoms in total. The molecule has 1 aliphatic heterocycles. The van der Waals surface area contributed by atoms with Gasteiger partial charge in [0.2, 0.25) is 0 Å². The summed E-state index contributed by atoms with van der Waals surface area (Å²) in [6.45, 7) is 7.88. The van der Waals surface area contributed by atoms with Crippen LogP contribution in [-0.4, -0.2) is 23.9 Å². The van der Waals surface area contributed by atoms with Gasteiger partial charge in [-0.3, -0.25) is 4.79 Å². The third-order valence-electron chi connectivity index (χ3n) is 3.65. The van der Waals surface area contributed by atoms with Gasteiger partial charge in [0.25, 0.3) is 5.91 Å². The summed E-state index contributed by atoms with van der Waals surface area (Å²) in [6, 6.07) is 4.29. The monoisotopic (exact) mass is 293 g/mol. The molecule has 0 aromatic heterocycles. The Morgan fingerprint density at radius 2 is 2.05 bits per heavy atom. The van der Waals surface area contributed by atoms with Crippen molar-refractivity contribution in [2.45, 2.75) is 32.1 Å². The lowest BCUT2D eigenvalue weighted by molar-refractivity contribution is 0.0764. The Morgan fingerprint density at radius 1 is 1.35 bits per heavy atom. The first kappa shape index (κ1) is 15.1. The van der Waals surface area contributed by atoms with Gasteiger partial charge in [-0.2, -0.15) is 0 Å². The number of carbonyl (C=O) groups excluding carboxylic acids is 1. The van der Waals surface area contributed by atoms with Crippen molar-refractivity contribution in [1.29, 1.82) is 0 Å². The van der Waals surface area contributed by atoms with Gasteiger partial charge in [0.05, 0.1) is 0 Å². The van der Waals surface area contributed by atoms with Crippen molar-refractivity contribution in [1.82, 2.24) is 4.90 Å². The number of halogens is 1. The van der Waals surface area contributed by atoms with Crippen LogP contribution >= 0.6 is 12.6 Å².